The molecule has 1 N–H and O–H groups in total. The number of amides is 1. The highest BCUT2D eigenvalue weighted by atomic mass is 35.5. The lowest BCUT2D eigenvalue weighted by molar-refractivity contribution is -0.128. The zero-order valence-electron chi connectivity index (χ0n) is 17.5. The average molecular weight is 467 g/mol. The maximum atomic E-state index is 12.9. The maximum Gasteiger partial charge on any atom is 0.266 e. The Bertz CT molecular complexity index is 978. The fourth-order valence-corrected chi connectivity index (χ4v) is 5.43. The van der Waals surface area contributed by atoms with Crippen molar-refractivity contribution in [1.29, 1.82) is 5.26 Å². The van der Waals surface area contributed by atoms with E-state index in [-0.39, 0.29) is 40.5 Å². The minimum atomic E-state index is -3.70. The second-order valence-corrected chi connectivity index (χ2v) is 10.0. The van der Waals surface area contributed by atoms with Crippen LogP contribution < -0.4 is 5.32 Å². The number of carbonyl (C=O) groups is 1. The van der Waals surface area contributed by atoms with Gasteiger partial charge < -0.3 is 15.0 Å². The van der Waals surface area contributed by atoms with Crippen molar-refractivity contribution >= 4 is 33.2 Å². The van der Waals surface area contributed by atoms with Crippen LogP contribution in [-0.4, -0.2) is 62.9 Å². The Morgan fingerprint density at radius 3 is 2.61 bits per heavy atom. The van der Waals surface area contributed by atoms with Crippen molar-refractivity contribution in [1.82, 2.24) is 9.21 Å². The van der Waals surface area contributed by atoms with E-state index in [1.54, 1.807) is 11.9 Å². The summed E-state index contributed by atoms with van der Waals surface area (Å²) >= 11 is 6.22. The van der Waals surface area contributed by atoms with Gasteiger partial charge in [-0.05, 0) is 31.0 Å². The summed E-state index contributed by atoms with van der Waals surface area (Å²) < 4.78 is 32.4. The van der Waals surface area contributed by atoms with Crippen LogP contribution in [0.25, 0.3) is 0 Å². The molecule has 0 aromatic heterocycles. The van der Waals surface area contributed by atoms with Crippen LogP contribution in [0.1, 0.15) is 32.1 Å². The number of nitriles is 1. The van der Waals surface area contributed by atoms with E-state index in [2.05, 4.69) is 5.32 Å². The second kappa shape index (κ2) is 10.5. The van der Waals surface area contributed by atoms with Gasteiger partial charge in [0, 0.05) is 32.4 Å². The van der Waals surface area contributed by atoms with Gasteiger partial charge in [0.15, 0.2) is 0 Å². The largest absolute Gasteiger partial charge is 0.379 e. The molecule has 2 aliphatic rings. The van der Waals surface area contributed by atoms with Crippen molar-refractivity contribution in [3.8, 4) is 6.07 Å². The molecule has 0 spiro atoms. The monoisotopic (exact) mass is 466 g/mol. The van der Waals surface area contributed by atoms with Crippen molar-refractivity contribution < 1.29 is 17.9 Å². The second-order valence-electron chi connectivity index (χ2n) is 7.68. The normalized spacial score (nSPS) is 18.9. The minimum absolute atomic E-state index is 0.0643. The molecule has 1 aromatic rings. The summed E-state index contributed by atoms with van der Waals surface area (Å²) in [6, 6.07) is 6.39. The standard InChI is InChI=1S/C21H27ClN4O4S/c1-25(17-5-3-2-4-6-17)21(27)16(14-23)15-24-20-13-18(7-8-19(20)22)31(28,29)26-9-11-30-12-10-26/h7-8,13,15,17,24H,2-6,9-12H2,1H3/b16-15-. The lowest BCUT2D eigenvalue weighted by Gasteiger charge is -2.31. The van der Waals surface area contributed by atoms with Crippen LogP contribution >= 0.6 is 11.6 Å². The molecule has 1 aliphatic heterocycles. The molecule has 168 valence electrons. The van der Waals surface area contributed by atoms with Gasteiger partial charge in [-0.15, -0.1) is 0 Å². The van der Waals surface area contributed by atoms with Gasteiger partial charge in [0.25, 0.3) is 5.91 Å². The Kier molecular flexibility index (Phi) is 7.94. The van der Waals surface area contributed by atoms with E-state index in [0.29, 0.717) is 18.9 Å². The number of morpholine rings is 1. The number of carbonyl (C=O) groups excluding carboxylic acids is 1. The summed E-state index contributed by atoms with van der Waals surface area (Å²) in [4.78, 5) is 14.5. The van der Waals surface area contributed by atoms with E-state index in [0.717, 1.165) is 25.7 Å². The van der Waals surface area contributed by atoms with Crippen LogP contribution in [0, 0.1) is 11.3 Å². The molecule has 8 nitrogen and oxygen atoms in total. The van der Waals surface area contributed by atoms with Gasteiger partial charge in [0.1, 0.15) is 11.6 Å². The molecule has 1 aromatic carbocycles. The van der Waals surface area contributed by atoms with Crippen molar-refractivity contribution in [3.05, 3.63) is 35.0 Å². The molecule has 1 aliphatic carbocycles. The first kappa shape index (κ1) is 23.5. The Morgan fingerprint density at radius 1 is 1.29 bits per heavy atom. The van der Waals surface area contributed by atoms with Gasteiger partial charge in [0.2, 0.25) is 10.0 Å². The van der Waals surface area contributed by atoms with Gasteiger partial charge in [-0.25, -0.2) is 8.42 Å². The van der Waals surface area contributed by atoms with Crippen LogP contribution in [0.5, 0.6) is 0 Å². The van der Waals surface area contributed by atoms with Crippen molar-refractivity contribution in [2.45, 2.75) is 43.0 Å². The van der Waals surface area contributed by atoms with Gasteiger partial charge >= 0.3 is 0 Å². The molecule has 1 amide bonds. The summed E-state index contributed by atoms with van der Waals surface area (Å²) in [6.45, 7) is 1.27. The van der Waals surface area contributed by atoms with E-state index in [9.17, 15) is 18.5 Å². The van der Waals surface area contributed by atoms with Gasteiger partial charge in [0.05, 0.1) is 28.8 Å². The van der Waals surface area contributed by atoms with E-state index in [1.807, 2.05) is 6.07 Å². The van der Waals surface area contributed by atoms with Gasteiger partial charge in [-0.1, -0.05) is 30.9 Å². The number of hydrogen-bond acceptors (Lipinski definition) is 6. The molecular formula is C21H27ClN4O4S. The summed E-state index contributed by atoms with van der Waals surface area (Å²) in [5.41, 5.74) is 0.238. The summed E-state index contributed by atoms with van der Waals surface area (Å²) in [7, 11) is -1.98. The molecule has 1 saturated carbocycles. The van der Waals surface area contributed by atoms with Crippen LogP contribution in [0.4, 0.5) is 5.69 Å². The molecule has 1 heterocycles. The predicted molar refractivity (Wildman–Crippen MR) is 118 cm³/mol. The third kappa shape index (κ3) is 5.57. The van der Waals surface area contributed by atoms with Crippen LogP contribution in [0.3, 0.4) is 0 Å². The van der Waals surface area contributed by atoms with E-state index in [1.165, 1.54) is 35.1 Å². The van der Waals surface area contributed by atoms with E-state index >= 15 is 0 Å². The van der Waals surface area contributed by atoms with E-state index in [4.69, 9.17) is 16.3 Å². The third-order valence-electron chi connectivity index (χ3n) is 5.71. The Balaban J connectivity index is 1.77. The van der Waals surface area contributed by atoms with Crippen LogP contribution in [-0.2, 0) is 19.6 Å². The summed E-state index contributed by atoms with van der Waals surface area (Å²) in [5.74, 6) is -0.366. The average Bonchev–Trinajstić information content (AvgIpc) is 2.80. The number of sulfonamides is 1. The first-order chi connectivity index (χ1) is 14.8. The molecule has 2 fully saturated rings. The SMILES string of the molecule is CN(C(=O)/C(C#N)=C\Nc1cc(S(=O)(=O)N2CCOCC2)ccc1Cl)C1CCCCC1. The third-order valence-corrected chi connectivity index (χ3v) is 7.94. The number of anilines is 1. The first-order valence-corrected chi connectivity index (χ1v) is 12.2. The topological polar surface area (TPSA) is 103 Å². The van der Waals surface area contributed by atoms with Gasteiger partial charge in [-0.3, -0.25) is 4.79 Å². The number of halogens is 1. The molecule has 3 rings (SSSR count). The lowest BCUT2D eigenvalue weighted by atomic mass is 9.94. The summed E-state index contributed by atoms with van der Waals surface area (Å²) in [6.07, 6.45) is 6.47. The number of hydrogen-bond donors (Lipinski definition) is 1. The molecule has 31 heavy (non-hydrogen) atoms. The number of rotatable bonds is 6. The first-order valence-electron chi connectivity index (χ1n) is 10.4. The molecule has 0 unspecified atom stereocenters. The predicted octanol–water partition coefficient (Wildman–Crippen LogP) is 2.97. The summed E-state index contributed by atoms with van der Waals surface area (Å²) in [5, 5.41) is 12.6. The molecule has 10 heteroatoms. The fraction of sp³-hybridized carbons (Fsp3) is 0.524. The molecule has 0 atom stereocenters. The molecule has 1 saturated heterocycles. The number of ether oxygens (including phenoxy) is 1. The van der Waals surface area contributed by atoms with Crippen LogP contribution in [0.2, 0.25) is 5.02 Å². The minimum Gasteiger partial charge on any atom is -0.379 e. The maximum absolute atomic E-state index is 12.9. The van der Waals surface area contributed by atoms with Crippen molar-refractivity contribution in [2.75, 3.05) is 38.7 Å². The Labute approximate surface area is 188 Å². The molecular weight excluding hydrogens is 440 g/mol. The highest BCUT2D eigenvalue weighted by molar-refractivity contribution is 7.89. The number of benzene rings is 1. The fourth-order valence-electron chi connectivity index (χ4n) is 3.83. The van der Waals surface area contributed by atoms with Crippen molar-refractivity contribution in [3.63, 3.8) is 0 Å². The Hall–Kier alpha value is -2.12. The zero-order valence-corrected chi connectivity index (χ0v) is 19.1. The highest BCUT2D eigenvalue weighted by Crippen LogP contribution is 2.28. The smallest absolute Gasteiger partial charge is 0.266 e. The van der Waals surface area contributed by atoms with Crippen LogP contribution in [0.15, 0.2) is 34.9 Å². The van der Waals surface area contributed by atoms with Gasteiger partial charge in [-0.2, -0.15) is 9.57 Å². The van der Waals surface area contributed by atoms with Crippen molar-refractivity contribution in [2.24, 2.45) is 0 Å². The Morgan fingerprint density at radius 2 is 1.97 bits per heavy atom. The number of nitrogens with zero attached hydrogens (tertiary/aromatic N) is 3. The quantitative estimate of drug-likeness (QED) is 0.510. The number of nitrogens with one attached hydrogen (secondary N) is 1. The molecule has 0 bridgehead atoms. The zero-order chi connectivity index (χ0) is 22.4. The number of likely N-dealkylation sites (N-methyl/N-ethyl adjacent to an activating group) is 1. The lowest BCUT2D eigenvalue weighted by Crippen LogP contribution is -2.40. The highest BCUT2D eigenvalue weighted by Gasteiger charge is 2.27. The van der Waals surface area contributed by atoms with E-state index < -0.39 is 10.0 Å². The molecule has 0 radical (unpaired) electrons.